The van der Waals surface area contributed by atoms with E-state index >= 15 is 0 Å². The molecular weight excluding hydrogens is 386 g/mol. The van der Waals surface area contributed by atoms with Crippen molar-refractivity contribution in [3.05, 3.63) is 45.4 Å². The number of carbonyl (C=O) groups excluding carboxylic acids is 1. The van der Waals surface area contributed by atoms with Gasteiger partial charge in [-0.2, -0.15) is 5.10 Å². The van der Waals surface area contributed by atoms with Crippen molar-refractivity contribution < 1.29 is 4.79 Å². The highest BCUT2D eigenvalue weighted by Crippen LogP contribution is 2.21. The van der Waals surface area contributed by atoms with Gasteiger partial charge in [0.05, 0.1) is 11.4 Å². The topological polar surface area (TPSA) is 81.8 Å². The quantitative estimate of drug-likeness (QED) is 0.472. The largest absolute Gasteiger partial charge is 0.325 e. The van der Waals surface area contributed by atoms with Gasteiger partial charge >= 0.3 is 0 Å². The fourth-order valence-corrected chi connectivity index (χ4v) is 4.05. The van der Waals surface area contributed by atoms with Crippen molar-refractivity contribution in [3.63, 3.8) is 0 Å². The van der Waals surface area contributed by atoms with Crippen LogP contribution in [0.5, 0.6) is 0 Å². The molecule has 0 radical (unpaired) electrons. The van der Waals surface area contributed by atoms with E-state index in [9.17, 15) is 9.59 Å². The first-order valence-electron chi connectivity index (χ1n) is 9.83. The third-order valence-corrected chi connectivity index (χ3v) is 5.70. The molecular formula is C21H27N5O2S. The molecule has 3 rings (SSSR count). The third kappa shape index (κ3) is 4.37. The van der Waals surface area contributed by atoms with Crippen LogP contribution in [0, 0.1) is 20.8 Å². The van der Waals surface area contributed by atoms with Crippen LogP contribution >= 0.6 is 11.8 Å². The Kier molecular flexibility index (Phi) is 6.42. The van der Waals surface area contributed by atoms with Gasteiger partial charge in [-0.05, 0) is 51.3 Å². The number of hydrogen-bond acceptors (Lipinski definition) is 5. The van der Waals surface area contributed by atoms with E-state index in [2.05, 4.69) is 10.4 Å². The maximum Gasteiger partial charge on any atom is 0.280 e. The van der Waals surface area contributed by atoms with Crippen LogP contribution in [0.15, 0.2) is 28.2 Å². The first-order valence-corrected chi connectivity index (χ1v) is 10.8. The summed E-state index contributed by atoms with van der Waals surface area (Å²) in [5.74, 6) is 0.0535. The van der Waals surface area contributed by atoms with Crippen molar-refractivity contribution >= 4 is 34.4 Å². The molecule has 1 amide bonds. The number of fused-ring (bicyclic) bond motifs is 1. The number of amides is 1. The van der Waals surface area contributed by atoms with Gasteiger partial charge in [0.15, 0.2) is 10.7 Å². The summed E-state index contributed by atoms with van der Waals surface area (Å²) < 4.78 is 3.36. The fraction of sp³-hybridized carbons (Fsp3) is 0.429. The Morgan fingerprint density at radius 1 is 1.21 bits per heavy atom. The summed E-state index contributed by atoms with van der Waals surface area (Å²) in [7, 11) is 0. The zero-order valence-corrected chi connectivity index (χ0v) is 18.4. The number of hydrogen-bond donors (Lipinski definition) is 1. The van der Waals surface area contributed by atoms with Crippen molar-refractivity contribution in [1.82, 2.24) is 19.3 Å². The van der Waals surface area contributed by atoms with E-state index in [1.54, 1.807) is 9.25 Å². The molecule has 0 saturated carbocycles. The number of benzene rings is 1. The smallest absolute Gasteiger partial charge is 0.280 e. The predicted octanol–water partition coefficient (Wildman–Crippen LogP) is 3.68. The number of thioether (sulfide) groups is 1. The number of anilines is 1. The zero-order chi connectivity index (χ0) is 21.1. The third-order valence-electron chi connectivity index (χ3n) is 4.73. The van der Waals surface area contributed by atoms with Crippen molar-refractivity contribution in [2.24, 2.45) is 0 Å². The molecule has 0 bridgehead atoms. The highest BCUT2D eigenvalue weighted by atomic mass is 32.2. The minimum absolute atomic E-state index is 0.100. The second-order valence-corrected chi connectivity index (χ2v) is 8.05. The molecule has 0 aliphatic carbocycles. The fourth-order valence-electron chi connectivity index (χ4n) is 3.23. The van der Waals surface area contributed by atoms with Crippen LogP contribution in [-0.2, 0) is 17.9 Å². The molecule has 0 spiro atoms. The molecule has 8 heteroatoms. The lowest BCUT2D eigenvalue weighted by Crippen LogP contribution is -2.25. The Morgan fingerprint density at radius 2 is 1.97 bits per heavy atom. The molecule has 7 nitrogen and oxygen atoms in total. The Bertz CT molecular complexity index is 1120. The molecule has 3 aromatic rings. The van der Waals surface area contributed by atoms with Gasteiger partial charge in [0.25, 0.3) is 5.56 Å². The molecule has 0 saturated heterocycles. The summed E-state index contributed by atoms with van der Waals surface area (Å²) >= 11 is 1.28. The summed E-state index contributed by atoms with van der Waals surface area (Å²) in [5.41, 5.74) is 4.68. The zero-order valence-electron chi connectivity index (χ0n) is 17.6. The van der Waals surface area contributed by atoms with E-state index in [1.165, 1.54) is 11.8 Å². The van der Waals surface area contributed by atoms with Gasteiger partial charge < -0.3 is 5.32 Å². The summed E-state index contributed by atoms with van der Waals surface area (Å²) in [6, 6.07) is 5.96. The normalized spacial score (nSPS) is 11.2. The van der Waals surface area contributed by atoms with Crippen LogP contribution in [0.2, 0.25) is 0 Å². The van der Waals surface area contributed by atoms with Gasteiger partial charge in [0.2, 0.25) is 5.91 Å². The molecule has 0 aliphatic heterocycles. The highest BCUT2D eigenvalue weighted by molar-refractivity contribution is 7.99. The summed E-state index contributed by atoms with van der Waals surface area (Å²) in [6.45, 7) is 10.9. The van der Waals surface area contributed by atoms with Crippen molar-refractivity contribution in [1.29, 1.82) is 0 Å². The minimum Gasteiger partial charge on any atom is -0.325 e. The van der Waals surface area contributed by atoms with Gasteiger partial charge in [0.1, 0.15) is 5.52 Å². The maximum atomic E-state index is 13.1. The van der Waals surface area contributed by atoms with E-state index < -0.39 is 0 Å². The first-order chi connectivity index (χ1) is 13.8. The van der Waals surface area contributed by atoms with Crippen LogP contribution in [0.3, 0.4) is 0 Å². The Morgan fingerprint density at radius 3 is 2.66 bits per heavy atom. The van der Waals surface area contributed by atoms with Crippen LogP contribution in [0.1, 0.15) is 37.1 Å². The number of aromatic nitrogens is 4. The van der Waals surface area contributed by atoms with Gasteiger partial charge in [-0.25, -0.2) is 4.98 Å². The molecule has 2 aromatic heterocycles. The molecule has 2 heterocycles. The number of nitrogens with zero attached hydrogens (tertiary/aromatic N) is 4. The van der Waals surface area contributed by atoms with Crippen molar-refractivity contribution in [2.75, 3.05) is 11.1 Å². The maximum absolute atomic E-state index is 13.1. The number of nitrogens with one attached hydrogen (secondary N) is 1. The number of rotatable bonds is 7. The van der Waals surface area contributed by atoms with Crippen LogP contribution in [0.4, 0.5) is 5.69 Å². The SMILES string of the molecule is CCCn1c(SCC(=O)Nc2cc(C)ccc2C)nc2c(C)nn(CC)c2c1=O. The van der Waals surface area contributed by atoms with Crippen LogP contribution < -0.4 is 10.9 Å². The Balaban J connectivity index is 1.88. The molecule has 1 N–H and O–H groups in total. The molecule has 29 heavy (non-hydrogen) atoms. The van der Waals surface area contributed by atoms with Crippen LogP contribution in [-0.4, -0.2) is 31.0 Å². The lowest BCUT2D eigenvalue weighted by molar-refractivity contribution is -0.113. The summed E-state index contributed by atoms with van der Waals surface area (Å²) in [4.78, 5) is 30.3. The van der Waals surface area contributed by atoms with Gasteiger partial charge in [-0.3, -0.25) is 18.8 Å². The van der Waals surface area contributed by atoms with E-state index in [0.717, 1.165) is 28.9 Å². The van der Waals surface area contributed by atoms with E-state index in [4.69, 9.17) is 4.98 Å². The number of carbonyl (C=O) groups is 1. The lowest BCUT2D eigenvalue weighted by Gasteiger charge is -2.12. The van der Waals surface area contributed by atoms with Gasteiger partial charge in [-0.15, -0.1) is 0 Å². The van der Waals surface area contributed by atoms with Gasteiger partial charge in [-0.1, -0.05) is 30.8 Å². The highest BCUT2D eigenvalue weighted by Gasteiger charge is 2.18. The molecule has 0 fully saturated rings. The Hall–Kier alpha value is -2.61. The van der Waals surface area contributed by atoms with E-state index in [0.29, 0.717) is 29.3 Å². The second kappa shape index (κ2) is 8.82. The molecule has 154 valence electrons. The minimum atomic E-state index is -0.123. The van der Waals surface area contributed by atoms with Gasteiger partial charge in [0, 0.05) is 18.8 Å². The molecule has 0 unspecified atom stereocenters. The van der Waals surface area contributed by atoms with Crippen LogP contribution in [0.25, 0.3) is 11.0 Å². The Labute approximate surface area is 174 Å². The second-order valence-electron chi connectivity index (χ2n) is 7.10. The molecule has 0 aliphatic rings. The standard InChI is InChI=1S/C21H27N5O2S/c1-6-10-25-20(28)19-18(15(5)24-26(19)7-2)23-21(25)29-12-17(27)22-16-11-13(3)8-9-14(16)4/h8-9,11H,6-7,10,12H2,1-5H3,(H,22,27). The van der Waals surface area contributed by atoms with Crippen molar-refractivity contribution in [3.8, 4) is 0 Å². The summed E-state index contributed by atoms with van der Waals surface area (Å²) in [6.07, 6.45) is 0.800. The average molecular weight is 414 g/mol. The predicted molar refractivity (Wildman–Crippen MR) is 118 cm³/mol. The lowest BCUT2D eigenvalue weighted by atomic mass is 10.1. The van der Waals surface area contributed by atoms with E-state index in [-0.39, 0.29) is 17.2 Å². The first kappa shape index (κ1) is 21.1. The summed E-state index contributed by atoms with van der Waals surface area (Å²) in [5, 5.41) is 7.95. The average Bonchev–Trinajstić information content (AvgIpc) is 3.01. The monoisotopic (exact) mass is 413 g/mol. The number of aryl methyl sites for hydroxylation is 4. The van der Waals surface area contributed by atoms with E-state index in [1.807, 2.05) is 52.8 Å². The molecule has 0 atom stereocenters. The van der Waals surface area contributed by atoms with Crippen molar-refractivity contribution in [2.45, 2.75) is 59.3 Å². The molecule has 1 aromatic carbocycles.